The molecule has 1 heterocycles. The molecule has 3 N–H and O–H groups in total. The molecule has 42 heavy (non-hydrogen) atoms. The van der Waals surface area contributed by atoms with Gasteiger partial charge in [-0.1, -0.05) is 11.1 Å². The maximum absolute atomic E-state index is 9.19. The molecule has 1 atom stereocenters. The summed E-state index contributed by atoms with van der Waals surface area (Å²) in [4.78, 5) is 11.2. The first kappa shape index (κ1) is 34.4. The van der Waals surface area contributed by atoms with Crippen LogP contribution in [0.3, 0.4) is 0 Å². The predicted molar refractivity (Wildman–Crippen MR) is 161 cm³/mol. The van der Waals surface area contributed by atoms with Gasteiger partial charge < -0.3 is 28.9 Å². The number of nitrogens with zero attached hydrogens (tertiary/aromatic N) is 2. The van der Waals surface area contributed by atoms with Crippen molar-refractivity contribution in [3.63, 3.8) is 0 Å². The van der Waals surface area contributed by atoms with E-state index in [-0.39, 0.29) is 0 Å². The van der Waals surface area contributed by atoms with Crippen LogP contribution in [0, 0.1) is 12.3 Å². The van der Waals surface area contributed by atoms with Gasteiger partial charge in [-0.05, 0) is 51.4 Å². The van der Waals surface area contributed by atoms with Crippen LogP contribution >= 0.6 is 0 Å². The van der Waals surface area contributed by atoms with Crippen LogP contribution in [0.1, 0.15) is 18.1 Å². The van der Waals surface area contributed by atoms with Gasteiger partial charge in [0.25, 0.3) is 20.2 Å². The Hall–Kier alpha value is -3.81. The van der Waals surface area contributed by atoms with E-state index in [1.807, 2.05) is 44.4 Å². The fraction of sp³-hybridized carbons (Fsp3) is 0.370. The standard InChI is InChI=1S/C25H27N3O4.2CH4O3S/c1-7-15(2)32-27-25-18-14-22(30-6)21(29-5)13-17(18)24-23(25)19-12-16(8-9-20(19)26-24)31-11-10-28(3)4;2*1-5(2,3)4/h1,8-9,12-15,26H,10-11H2,2-6H3;2*1H3,(H,2,3,4)/t15-;;/m0../s1. The van der Waals surface area contributed by atoms with Gasteiger partial charge in [0, 0.05) is 34.1 Å². The molecule has 15 heteroatoms. The molecule has 0 radical (unpaired) electrons. The van der Waals surface area contributed by atoms with Crippen LogP contribution in [0.4, 0.5) is 0 Å². The molecule has 0 unspecified atom stereocenters. The highest BCUT2D eigenvalue weighted by atomic mass is 32.2. The molecule has 0 saturated heterocycles. The number of aromatic nitrogens is 1. The van der Waals surface area contributed by atoms with Crippen LogP contribution in [0.5, 0.6) is 17.2 Å². The molecule has 2 aromatic carbocycles. The summed E-state index contributed by atoms with van der Waals surface area (Å²) in [6, 6.07) is 9.87. The topological polar surface area (TPSA) is 177 Å². The number of ether oxygens (including phenoxy) is 3. The van der Waals surface area contributed by atoms with E-state index in [1.165, 1.54) is 0 Å². The number of aromatic amines is 1. The van der Waals surface area contributed by atoms with Crippen LogP contribution in [-0.4, -0.2) is 102 Å². The molecule has 4 rings (SSSR count). The lowest BCUT2D eigenvalue weighted by atomic mass is 10.1. The van der Waals surface area contributed by atoms with E-state index in [4.69, 9.17) is 34.6 Å². The van der Waals surface area contributed by atoms with Gasteiger partial charge in [-0.25, -0.2) is 0 Å². The van der Waals surface area contributed by atoms with Gasteiger partial charge in [0.2, 0.25) is 0 Å². The quantitative estimate of drug-likeness (QED) is 0.149. The molecule has 0 spiro atoms. The lowest BCUT2D eigenvalue weighted by molar-refractivity contribution is 0.113. The minimum absolute atomic E-state index is 0.453. The van der Waals surface area contributed by atoms with Crippen LogP contribution in [0.15, 0.2) is 35.5 Å². The summed E-state index contributed by atoms with van der Waals surface area (Å²) < 4.78 is 68.7. The molecule has 230 valence electrons. The highest BCUT2D eigenvalue weighted by Crippen LogP contribution is 2.46. The van der Waals surface area contributed by atoms with Crippen molar-refractivity contribution in [2.45, 2.75) is 13.0 Å². The second kappa shape index (κ2) is 14.4. The zero-order chi connectivity index (χ0) is 31.8. The van der Waals surface area contributed by atoms with Crippen LogP contribution in [0.25, 0.3) is 22.2 Å². The summed E-state index contributed by atoms with van der Waals surface area (Å²) in [7, 11) is -0.0646. The van der Waals surface area contributed by atoms with Gasteiger partial charge in [0.15, 0.2) is 17.6 Å². The fourth-order valence-corrected chi connectivity index (χ4v) is 3.73. The Bertz CT molecular complexity index is 1640. The van der Waals surface area contributed by atoms with E-state index < -0.39 is 26.3 Å². The van der Waals surface area contributed by atoms with E-state index in [2.05, 4.69) is 21.0 Å². The first-order chi connectivity index (χ1) is 19.5. The molecule has 1 aliphatic rings. The van der Waals surface area contributed by atoms with Gasteiger partial charge in [-0.15, -0.1) is 6.42 Å². The Kier molecular flexibility index (Phi) is 11.8. The molecule has 1 aromatic heterocycles. The number of terminal acetylenes is 1. The third-order valence-corrected chi connectivity index (χ3v) is 5.40. The number of methoxy groups -OCH3 is 2. The van der Waals surface area contributed by atoms with Crippen molar-refractivity contribution in [2.75, 3.05) is 54.0 Å². The van der Waals surface area contributed by atoms with Crippen molar-refractivity contribution < 1.29 is 45.0 Å². The average molecular weight is 626 g/mol. The Morgan fingerprint density at radius 3 is 2.05 bits per heavy atom. The lowest BCUT2D eigenvalue weighted by Gasteiger charge is -2.12. The average Bonchev–Trinajstić information content (AvgIpc) is 3.38. The Morgan fingerprint density at radius 1 is 1.00 bits per heavy atom. The van der Waals surface area contributed by atoms with E-state index in [0.29, 0.717) is 36.3 Å². The largest absolute Gasteiger partial charge is 0.493 e. The van der Waals surface area contributed by atoms with Crippen LogP contribution in [0.2, 0.25) is 0 Å². The van der Waals surface area contributed by atoms with Crippen LogP contribution in [-0.2, 0) is 25.1 Å². The highest BCUT2D eigenvalue weighted by molar-refractivity contribution is 7.85. The Labute approximate surface area is 245 Å². The molecule has 0 fully saturated rings. The summed E-state index contributed by atoms with van der Waals surface area (Å²) in [6.07, 6.45) is 6.46. The predicted octanol–water partition coefficient (Wildman–Crippen LogP) is 2.90. The van der Waals surface area contributed by atoms with Gasteiger partial charge in [0.05, 0.1) is 32.4 Å². The minimum Gasteiger partial charge on any atom is -0.493 e. The molecular weight excluding hydrogens is 590 g/mol. The second-order valence-electron chi connectivity index (χ2n) is 9.31. The summed E-state index contributed by atoms with van der Waals surface area (Å²) in [5.41, 5.74) is 5.39. The number of fused-ring (bicyclic) bond motifs is 5. The second-order valence-corrected chi connectivity index (χ2v) is 12.2. The monoisotopic (exact) mass is 625 g/mol. The van der Waals surface area contributed by atoms with Crippen molar-refractivity contribution in [1.82, 2.24) is 9.88 Å². The van der Waals surface area contributed by atoms with Crippen molar-refractivity contribution in [3.8, 4) is 40.8 Å². The SMILES string of the molecule is C#C[C@H](C)ON=C1c2cc(OC)c(OC)cc2-c2[nH]c3ccc(OCCN(C)C)cc3c21.CS(=O)(=O)O.CS(=O)(=O)O. The van der Waals surface area contributed by atoms with Crippen molar-refractivity contribution in [3.05, 3.63) is 41.5 Å². The molecule has 0 bridgehead atoms. The first-order valence-corrected chi connectivity index (χ1v) is 15.9. The zero-order valence-corrected chi connectivity index (χ0v) is 26.0. The number of hydrogen-bond acceptors (Lipinski definition) is 10. The van der Waals surface area contributed by atoms with Gasteiger partial charge in [-0.2, -0.15) is 16.8 Å². The van der Waals surface area contributed by atoms with E-state index in [9.17, 15) is 16.8 Å². The van der Waals surface area contributed by atoms with Crippen LogP contribution < -0.4 is 14.2 Å². The van der Waals surface area contributed by atoms with Crippen molar-refractivity contribution >= 4 is 36.9 Å². The number of likely N-dealkylation sites (N-methyl/N-ethyl adjacent to an activating group) is 1. The molecule has 0 saturated carbocycles. The maximum atomic E-state index is 9.19. The summed E-state index contributed by atoms with van der Waals surface area (Å²) in [5.74, 6) is 4.60. The molecular formula is C27H35N3O10S2. The fourth-order valence-electron chi connectivity index (χ4n) is 3.73. The van der Waals surface area contributed by atoms with E-state index >= 15 is 0 Å². The van der Waals surface area contributed by atoms with E-state index in [0.717, 1.165) is 45.6 Å². The zero-order valence-electron chi connectivity index (χ0n) is 24.3. The van der Waals surface area contributed by atoms with Gasteiger partial charge in [-0.3, -0.25) is 9.11 Å². The van der Waals surface area contributed by atoms with Gasteiger partial charge >= 0.3 is 0 Å². The maximum Gasteiger partial charge on any atom is 0.261 e. The first-order valence-electron chi connectivity index (χ1n) is 12.2. The normalized spacial score (nSPS) is 13.6. The molecule has 3 aromatic rings. The summed E-state index contributed by atoms with van der Waals surface area (Å²) in [6.45, 7) is 3.21. The lowest BCUT2D eigenvalue weighted by Crippen LogP contribution is -2.19. The molecule has 13 nitrogen and oxygen atoms in total. The Balaban J connectivity index is 0.000000533. The van der Waals surface area contributed by atoms with Gasteiger partial charge in [0.1, 0.15) is 18.1 Å². The molecule has 0 amide bonds. The highest BCUT2D eigenvalue weighted by Gasteiger charge is 2.32. The number of rotatable bonds is 8. The third kappa shape index (κ3) is 10.2. The van der Waals surface area contributed by atoms with Crippen molar-refractivity contribution in [1.29, 1.82) is 0 Å². The number of nitrogens with one attached hydrogen (secondary N) is 1. The molecule has 0 aliphatic heterocycles. The number of H-pyrrole nitrogens is 1. The van der Waals surface area contributed by atoms with E-state index in [1.54, 1.807) is 21.1 Å². The summed E-state index contributed by atoms with van der Waals surface area (Å²) >= 11 is 0. The third-order valence-electron chi connectivity index (χ3n) is 5.40. The summed E-state index contributed by atoms with van der Waals surface area (Å²) in [5, 5.41) is 5.45. The van der Waals surface area contributed by atoms with Crippen molar-refractivity contribution in [2.24, 2.45) is 5.16 Å². The number of oxime groups is 1. The number of benzene rings is 2. The molecule has 1 aliphatic carbocycles. The Morgan fingerprint density at radius 2 is 1.55 bits per heavy atom. The number of hydrogen-bond donors (Lipinski definition) is 3. The smallest absolute Gasteiger partial charge is 0.261 e. The minimum atomic E-state index is -3.67.